The molecule has 2 rings (SSSR count). The molecule has 0 bridgehead atoms. The molecule has 0 atom stereocenters. The van der Waals surface area contributed by atoms with Gasteiger partial charge in [0.2, 0.25) is 0 Å². The first-order chi connectivity index (χ1) is 11.0. The monoisotopic (exact) mass is 320 g/mol. The second kappa shape index (κ2) is 7.92. The van der Waals surface area contributed by atoms with Gasteiger partial charge in [0.15, 0.2) is 6.61 Å². The minimum absolute atomic E-state index is 0.0485. The zero-order valence-electron chi connectivity index (χ0n) is 12.2. The minimum atomic E-state index is -1.11. The van der Waals surface area contributed by atoms with Gasteiger partial charge in [0.05, 0.1) is 11.9 Å². The molecule has 2 aromatic rings. The lowest BCUT2D eigenvalue weighted by Gasteiger charge is -2.06. The Labute approximate surface area is 131 Å². The number of aryl methyl sites for hydroxylation is 1. The van der Waals surface area contributed by atoms with Crippen LogP contribution in [0.25, 0.3) is 0 Å². The second-order valence-corrected chi connectivity index (χ2v) is 4.76. The first-order valence-corrected chi connectivity index (χ1v) is 6.93. The quantitative estimate of drug-likeness (QED) is 0.767. The van der Waals surface area contributed by atoms with Crippen molar-refractivity contribution in [3.63, 3.8) is 0 Å². The number of halogens is 1. The van der Waals surface area contributed by atoms with Crippen molar-refractivity contribution in [2.24, 2.45) is 0 Å². The molecular formula is C15H15FN3O4-. The summed E-state index contributed by atoms with van der Waals surface area (Å²) in [4.78, 5) is 22.0. The number of aromatic nitrogens is 2. The maximum absolute atomic E-state index is 12.7. The summed E-state index contributed by atoms with van der Waals surface area (Å²) in [5.74, 6) is -1.49. The normalized spacial score (nSPS) is 10.3. The van der Waals surface area contributed by atoms with Crippen molar-refractivity contribution in [3.05, 3.63) is 42.5 Å². The summed E-state index contributed by atoms with van der Waals surface area (Å²) in [6.45, 7) is 0.192. The molecule has 7 nitrogen and oxygen atoms in total. The number of aliphatic carboxylic acids is 1. The SMILES string of the molecule is O=C([O-])CCCn1cc(NC(=O)COc2ccc(F)cc2)cn1. The largest absolute Gasteiger partial charge is 0.550 e. The number of hydrogen-bond donors (Lipinski definition) is 1. The predicted octanol–water partition coefficient (Wildman–Crippen LogP) is 0.570. The van der Waals surface area contributed by atoms with Crippen LogP contribution in [-0.2, 0) is 16.1 Å². The molecule has 1 aromatic carbocycles. The van der Waals surface area contributed by atoms with Crippen LogP contribution in [-0.4, -0.2) is 28.3 Å². The molecule has 0 aliphatic rings. The van der Waals surface area contributed by atoms with Crippen molar-refractivity contribution in [2.75, 3.05) is 11.9 Å². The van der Waals surface area contributed by atoms with Crippen molar-refractivity contribution >= 4 is 17.6 Å². The van der Waals surface area contributed by atoms with Crippen molar-refractivity contribution in [3.8, 4) is 5.75 Å². The number of carboxylic acids is 1. The van der Waals surface area contributed by atoms with Gasteiger partial charge in [-0.05, 0) is 37.1 Å². The third-order valence-corrected chi connectivity index (χ3v) is 2.87. The number of carboxylic acid groups (broad SMARTS) is 1. The van der Waals surface area contributed by atoms with Crippen LogP contribution < -0.4 is 15.2 Å². The lowest BCUT2D eigenvalue weighted by atomic mass is 10.3. The maximum Gasteiger partial charge on any atom is 0.262 e. The fraction of sp³-hybridized carbons (Fsp3) is 0.267. The van der Waals surface area contributed by atoms with E-state index in [4.69, 9.17) is 4.74 Å². The maximum atomic E-state index is 12.7. The number of ether oxygens (including phenoxy) is 1. The van der Waals surface area contributed by atoms with E-state index in [0.717, 1.165) is 0 Å². The van der Waals surface area contributed by atoms with Gasteiger partial charge in [-0.3, -0.25) is 9.48 Å². The molecule has 0 saturated heterocycles. The van der Waals surface area contributed by atoms with Crippen molar-refractivity contribution in [1.82, 2.24) is 9.78 Å². The number of amides is 1. The van der Waals surface area contributed by atoms with Crippen molar-refractivity contribution in [1.29, 1.82) is 0 Å². The first kappa shape index (κ1) is 16.5. The first-order valence-electron chi connectivity index (χ1n) is 6.93. The number of rotatable bonds is 8. The van der Waals surface area contributed by atoms with E-state index in [-0.39, 0.29) is 24.8 Å². The van der Waals surface area contributed by atoms with Crippen molar-refractivity contribution in [2.45, 2.75) is 19.4 Å². The highest BCUT2D eigenvalue weighted by molar-refractivity contribution is 5.91. The molecule has 0 aliphatic carbocycles. The number of hydrogen-bond acceptors (Lipinski definition) is 5. The Morgan fingerprint density at radius 1 is 1.30 bits per heavy atom. The molecule has 122 valence electrons. The van der Waals surface area contributed by atoms with Crippen LogP contribution in [0.5, 0.6) is 5.75 Å². The number of nitrogens with one attached hydrogen (secondary N) is 1. The van der Waals surface area contributed by atoms with E-state index in [1.165, 1.54) is 35.1 Å². The van der Waals surface area contributed by atoms with E-state index in [9.17, 15) is 19.1 Å². The third kappa shape index (κ3) is 5.77. The average Bonchev–Trinajstić information content (AvgIpc) is 2.94. The predicted molar refractivity (Wildman–Crippen MR) is 77.0 cm³/mol. The molecule has 0 radical (unpaired) electrons. The van der Waals surface area contributed by atoms with Crippen LogP contribution in [0.2, 0.25) is 0 Å². The molecule has 1 N–H and O–H groups in total. The lowest BCUT2D eigenvalue weighted by molar-refractivity contribution is -0.305. The molecule has 1 heterocycles. The second-order valence-electron chi connectivity index (χ2n) is 4.76. The van der Waals surface area contributed by atoms with Crippen LogP contribution in [0, 0.1) is 5.82 Å². The number of carbonyl (C=O) groups is 2. The summed E-state index contributed by atoms with van der Waals surface area (Å²) in [6.07, 6.45) is 3.39. The van der Waals surface area contributed by atoms with Crippen LogP contribution in [0.4, 0.5) is 10.1 Å². The summed E-state index contributed by atoms with van der Waals surface area (Å²) < 4.78 is 19.5. The van der Waals surface area contributed by atoms with Crippen LogP contribution in [0.15, 0.2) is 36.7 Å². The van der Waals surface area contributed by atoms with Gasteiger partial charge in [0.1, 0.15) is 11.6 Å². The van der Waals surface area contributed by atoms with E-state index in [0.29, 0.717) is 24.4 Å². The van der Waals surface area contributed by atoms with Crippen molar-refractivity contribution < 1.29 is 23.8 Å². The standard InChI is InChI=1S/C15H16FN3O4/c16-11-3-5-13(6-4-11)23-10-14(20)18-12-8-17-19(9-12)7-1-2-15(21)22/h3-6,8-9H,1-2,7,10H2,(H,18,20)(H,21,22)/p-1. The average molecular weight is 320 g/mol. The van der Waals surface area contributed by atoms with Gasteiger partial charge in [-0.25, -0.2) is 4.39 Å². The highest BCUT2D eigenvalue weighted by atomic mass is 19.1. The Balaban J connectivity index is 1.75. The van der Waals surface area contributed by atoms with E-state index >= 15 is 0 Å². The van der Waals surface area contributed by atoms with Gasteiger partial charge in [0.25, 0.3) is 5.91 Å². The van der Waals surface area contributed by atoms with E-state index in [1.54, 1.807) is 6.20 Å². The van der Waals surface area contributed by atoms with E-state index < -0.39 is 5.97 Å². The van der Waals surface area contributed by atoms with Gasteiger partial charge >= 0.3 is 0 Å². The van der Waals surface area contributed by atoms with Gasteiger partial charge in [-0.2, -0.15) is 5.10 Å². The molecule has 0 fully saturated rings. The Morgan fingerprint density at radius 3 is 2.74 bits per heavy atom. The molecule has 0 spiro atoms. The lowest BCUT2D eigenvalue weighted by Crippen LogP contribution is -2.22. The number of anilines is 1. The fourth-order valence-corrected chi connectivity index (χ4v) is 1.81. The highest BCUT2D eigenvalue weighted by Crippen LogP contribution is 2.11. The van der Waals surface area contributed by atoms with Gasteiger partial charge in [-0.15, -0.1) is 0 Å². The fourth-order valence-electron chi connectivity index (χ4n) is 1.81. The smallest absolute Gasteiger partial charge is 0.262 e. The number of benzene rings is 1. The topological polar surface area (TPSA) is 96.3 Å². The number of nitrogens with zero attached hydrogens (tertiary/aromatic N) is 2. The molecule has 0 saturated carbocycles. The van der Waals surface area contributed by atoms with E-state index in [1.807, 2.05) is 0 Å². The highest BCUT2D eigenvalue weighted by Gasteiger charge is 2.06. The molecule has 8 heteroatoms. The summed E-state index contributed by atoms with van der Waals surface area (Å²) in [5.41, 5.74) is 0.478. The Bertz CT molecular complexity index is 670. The summed E-state index contributed by atoms with van der Waals surface area (Å²) >= 11 is 0. The van der Waals surface area contributed by atoms with Gasteiger partial charge in [0, 0.05) is 18.7 Å². The minimum Gasteiger partial charge on any atom is -0.550 e. The van der Waals surface area contributed by atoms with Crippen LogP contribution >= 0.6 is 0 Å². The zero-order valence-corrected chi connectivity index (χ0v) is 12.2. The Hall–Kier alpha value is -2.90. The summed E-state index contributed by atoms with van der Waals surface area (Å²) in [7, 11) is 0. The number of carbonyl (C=O) groups excluding carboxylic acids is 2. The summed E-state index contributed by atoms with van der Waals surface area (Å²) in [5, 5.41) is 16.9. The zero-order chi connectivity index (χ0) is 16.7. The van der Waals surface area contributed by atoms with Crippen LogP contribution in [0.3, 0.4) is 0 Å². The molecule has 1 amide bonds. The van der Waals surface area contributed by atoms with Gasteiger partial charge < -0.3 is 20.0 Å². The molecule has 1 aromatic heterocycles. The molecule has 23 heavy (non-hydrogen) atoms. The molecule has 0 aliphatic heterocycles. The molecular weight excluding hydrogens is 305 g/mol. The Morgan fingerprint density at radius 2 is 2.04 bits per heavy atom. The molecule has 0 unspecified atom stereocenters. The van der Waals surface area contributed by atoms with E-state index in [2.05, 4.69) is 10.4 Å². The van der Waals surface area contributed by atoms with Crippen LogP contribution in [0.1, 0.15) is 12.8 Å². The van der Waals surface area contributed by atoms with Gasteiger partial charge in [-0.1, -0.05) is 0 Å². The summed E-state index contributed by atoms with van der Waals surface area (Å²) in [6, 6.07) is 5.34. The Kier molecular flexibility index (Phi) is 5.67. The third-order valence-electron chi connectivity index (χ3n) is 2.87.